The Morgan fingerprint density at radius 3 is 2.45 bits per heavy atom. The van der Waals surface area contributed by atoms with Crippen molar-refractivity contribution in [1.82, 2.24) is 0 Å². The molecule has 0 spiro atoms. The zero-order chi connectivity index (χ0) is 16.0. The molecule has 6 heteroatoms. The predicted octanol–water partition coefficient (Wildman–Crippen LogP) is 2.88. The Bertz CT molecular complexity index is 562. The SMILES string of the molecule is COCOC1CCC(COS(=O)(=O)c2ccccc2C)CC1. The van der Waals surface area contributed by atoms with Crippen molar-refractivity contribution in [2.24, 2.45) is 5.92 Å². The second-order valence-electron chi connectivity index (χ2n) is 5.72. The lowest BCUT2D eigenvalue weighted by atomic mass is 9.88. The molecule has 0 unspecified atom stereocenters. The van der Waals surface area contributed by atoms with E-state index in [4.69, 9.17) is 13.7 Å². The fourth-order valence-corrected chi connectivity index (χ4v) is 3.92. The number of methoxy groups -OCH3 is 1. The molecule has 0 bridgehead atoms. The first-order valence-corrected chi connectivity index (χ1v) is 8.99. The maximum Gasteiger partial charge on any atom is 0.297 e. The normalized spacial score (nSPS) is 22.6. The van der Waals surface area contributed by atoms with Crippen LogP contribution in [0.15, 0.2) is 29.2 Å². The van der Waals surface area contributed by atoms with E-state index < -0.39 is 10.1 Å². The number of hydrogen-bond donors (Lipinski definition) is 0. The molecule has 2 rings (SSSR count). The number of rotatable bonds is 7. The summed E-state index contributed by atoms with van der Waals surface area (Å²) in [7, 11) is -2.06. The molecule has 0 atom stereocenters. The van der Waals surface area contributed by atoms with E-state index in [1.807, 2.05) is 6.07 Å². The highest BCUT2D eigenvalue weighted by Crippen LogP contribution is 2.27. The molecule has 1 fully saturated rings. The monoisotopic (exact) mass is 328 g/mol. The average Bonchev–Trinajstić information content (AvgIpc) is 2.52. The molecule has 1 aliphatic carbocycles. The molecule has 0 aliphatic heterocycles. The van der Waals surface area contributed by atoms with Gasteiger partial charge in [0.2, 0.25) is 0 Å². The lowest BCUT2D eigenvalue weighted by Gasteiger charge is -2.27. The summed E-state index contributed by atoms with van der Waals surface area (Å²) in [6.45, 7) is 2.33. The number of hydrogen-bond acceptors (Lipinski definition) is 5. The van der Waals surface area contributed by atoms with Gasteiger partial charge in [-0.1, -0.05) is 18.2 Å². The van der Waals surface area contributed by atoms with Crippen LogP contribution in [0.4, 0.5) is 0 Å². The minimum atomic E-state index is -3.67. The van der Waals surface area contributed by atoms with Crippen molar-refractivity contribution >= 4 is 10.1 Å². The van der Waals surface area contributed by atoms with Gasteiger partial charge in [0.25, 0.3) is 10.1 Å². The van der Waals surface area contributed by atoms with Gasteiger partial charge < -0.3 is 9.47 Å². The van der Waals surface area contributed by atoms with Gasteiger partial charge in [-0.3, -0.25) is 4.18 Å². The maximum atomic E-state index is 12.2. The Balaban J connectivity index is 1.83. The van der Waals surface area contributed by atoms with E-state index in [-0.39, 0.29) is 23.5 Å². The highest BCUT2D eigenvalue weighted by molar-refractivity contribution is 7.86. The summed E-state index contributed by atoms with van der Waals surface area (Å²) in [5.41, 5.74) is 0.708. The van der Waals surface area contributed by atoms with Gasteiger partial charge in [-0.25, -0.2) is 0 Å². The topological polar surface area (TPSA) is 61.8 Å². The second kappa shape index (κ2) is 8.06. The van der Waals surface area contributed by atoms with E-state index in [9.17, 15) is 8.42 Å². The first-order valence-electron chi connectivity index (χ1n) is 7.58. The third-order valence-corrected chi connectivity index (χ3v) is 5.48. The van der Waals surface area contributed by atoms with Crippen LogP contribution in [-0.4, -0.2) is 35.0 Å². The number of aryl methyl sites for hydroxylation is 1. The van der Waals surface area contributed by atoms with Crippen LogP contribution in [0.25, 0.3) is 0 Å². The van der Waals surface area contributed by atoms with Gasteiger partial charge in [0.1, 0.15) is 6.79 Å². The van der Waals surface area contributed by atoms with Crippen molar-refractivity contribution in [2.45, 2.75) is 43.6 Å². The van der Waals surface area contributed by atoms with Gasteiger partial charge in [0.05, 0.1) is 17.6 Å². The molecule has 1 aliphatic rings. The Labute approximate surface area is 132 Å². The molecule has 5 nitrogen and oxygen atoms in total. The number of benzene rings is 1. The van der Waals surface area contributed by atoms with E-state index in [1.165, 1.54) is 0 Å². The molecule has 0 heterocycles. The molecule has 1 aromatic rings. The van der Waals surface area contributed by atoms with Crippen LogP contribution in [0.5, 0.6) is 0 Å². The zero-order valence-corrected chi connectivity index (χ0v) is 14.0. The molecule has 1 saturated carbocycles. The number of ether oxygens (including phenoxy) is 2. The molecule has 124 valence electrons. The lowest BCUT2D eigenvalue weighted by Crippen LogP contribution is -2.25. The van der Waals surface area contributed by atoms with Crippen molar-refractivity contribution in [2.75, 3.05) is 20.5 Å². The summed E-state index contributed by atoms with van der Waals surface area (Å²) in [5, 5.41) is 0. The lowest BCUT2D eigenvalue weighted by molar-refractivity contribution is -0.0868. The van der Waals surface area contributed by atoms with Crippen LogP contribution < -0.4 is 0 Å². The molecule has 1 aromatic carbocycles. The molecule has 0 aromatic heterocycles. The standard InChI is InChI=1S/C16H24O5S/c1-13-5-3-4-6-16(13)22(17,18)21-11-14-7-9-15(10-8-14)20-12-19-2/h3-6,14-15H,7-12H2,1-2H3. The quantitative estimate of drug-likeness (QED) is 0.569. The van der Waals surface area contributed by atoms with Gasteiger partial charge in [0.15, 0.2) is 0 Å². The minimum absolute atomic E-state index is 0.212. The Morgan fingerprint density at radius 2 is 1.82 bits per heavy atom. The highest BCUT2D eigenvalue weighted by atomic mass is 32.2. The van der Waals surface area contributed by atoms with E-state index in [0.717, 1.165) is 25.7 Å². The first-order chi connectivity index (χ1) is 10.5. The van der Waals surface area contributed by atoms with Crippen LogP contribution in [-0.2, 0) is 23.8 Å². The molecule has 0 N–H and O–H groups in total. The highest BCUT2D eigenvalue weighted by Gasteiger charge is 2.25. The van der Waals surface area contributed by atoms with Gasteiger partial charge in [0, 0.05) is 7.11 Å². The zero-order valence-electron chi connectivity index (χ0n) is 13.2. The maximum absolute atomic E-state index is 12.2. The Kier molecular flexibility index (Phi) is 6.37. The van der Waals surface area contributed by atoms with E-state index >= 15 is 0 Å². The summed E-state index contributed by atoms with van der Waals surface area (Å²) >= 11 is 0. The molecule has 0 radical (unpaired) electrons. The molecule has 0 saturated heterocycles. The van der Waals surface area contributed by atoms with Gasteiger partial charge >= 0.3 is 0 Å². The molecule has 0 amide bonds. The first kappa shape index (κ1) is 17.4. The van der Waals surface area contributed by atoms with Crippen LogP contribution in [0.2, 0.25) is 0 Å². The van der Waals surface area contributed by atoms with E-state index in [2.05, 4.69) is 0 Å². The van der Waals surface area contributed by atoms with Crippen molar-refractivity contribution in [3.05, 3.63) is 29.8 Å². The van der Waals surface area contributed by atoms with Crippen molar-refractivity contribution < 1.29 is 22.1 Å². The Hall–Kier alpha value is -0.950. The van der Waals surface area contributed by atoms with Gasteiger partial charge in [-0.05, 0) is 50.2 Å². The van der Waals surface area contributed by atoms with Crippen LogP contribution in [0.1, 0.15) is 31.2 Å². The van der Waals surface area contributed by atoms with Gasteiger partial charge in [-0.2, -0.15) is 8.42 Å². The summed E-state index contributed by atoms with van der Waals surface area (Å²) in [5.74, 6) is 0.265. The van der Waals surface area contributed by atoms with Crippen LogP contribution in [0, 0.1) is 12.8 Å². The molecular formula is C16H24O5S. The third-order valence-electron chi connectivity index (χ3n) is 4.04. The smallest absolute Gasteiger partial charge is 0.297 e. The fourth-order valence-electron chi connectivity index (χ4n) is 2.72. The van der Waals surface area contributed by atoms with Crippen LogP contribution in [0.3, 0.4) is 0 Å². The van der Waals surface area contributed by atoms with E-state index in [0.29, 0.717) is 12.4 Å². The average molecular weight is 328 g/mol. The predicted molar refractivity (Wildman–Crippen MR) is 83.0 cm³/mol. The summed E-state index contributed by atoms with van der Waals surface area (Å²) < 4.78 is 40.2. The largest absolute Gasteiger partial charge is 0.359 e. The van der Waals surface area contributed by atoms with Crippen molar-refractivity contribution in [3.63, 3.8) is 0 Å². The van der Waals surface area contributed by atoms with Gasteiger partial charge in [-0.15, -0.1) is 0 Å². The van der Waals surface area contributed by atoms with Crippen molar-refractivity contribution in [1.29, 1.82) is 0 Å². The molecule has 22 heavy (non-hydrogen) atoms. The van der Waals surface area contributed by atoms with Crippen molar-refractivity contribution in [3.8, 4) is 0 Å². The summed E-state index contributed by atoms with van der Waals surface area (Å²) in [6.07, 6.45) is 3.88. The van der Waals surface area contributed by atoms with Crippen LogP contribution >= 0.6 is 0 Å². The summed E-state index contributed by atoms with van der Waals surface area (Å²) in [6, 6.07) is 6.88. The summed E-state index contributed by atoms with van der Waals surface area (Å²) in [4.78, 5) is 0.257. The fraction of sp³-hybridized carbons (Fsp3) is 0.625. The second-order valence-corrected chi connectivity index (χ2v) is 7.30. The minimum Gasteiger partial charge on any atom is -0.359 e. The molecular weight excluding hydrogens is 304 g/mol. The Morgan fingerprint density at radius 1 is 1.14 bits per heavy atom. The third kappa shape index (κ3) is 4.78. The van der Waals surface area contributed by atoms with E-state index in [1.54, 1.807) is 32.2 Å².